The van der Waals surface area contributed by atoms with Gasteiger partial charge in [0.1, 0.15) is 5.82 Å². The van der Waals surface area contributed by atoms with Gasteiger partial charge in [0.15, 0.2) is 11.5 Å². The molecule has 0 aliphatic carbocycles. The van der Waals surface area contributed by atoms with Crippen LogP contribution in [0.15, 0.2) is 24.5 Å². The Kier molecular flexibility index (Phi) is 5.46. The van der Waals surface area contributed by atoms with Gasteiger partial charge in [-0.3, -0.25) is 0 Å². The molecule has 0 spiro atoms. The first-order valence-electron chi connectivity index (χ1n) is 7.26. The van der Waals surface area contributed by atoms with Gasteiger partial charge in [-0.25, -0.2) is 4.98 Å². The van der Waals surface area contributed by atoms with Crippen molar-refractivity contribution in [3.63, 3.8) is 0 Å². The van der Waals surface area contributed by atoms with Crippen molar-refractivity contribution >= 4 is 0 Å². The molecule has 1 heterocycles. The Balaban J connectivity index is 2.43. The molecule has 0 saturated carbocycles. The minimum absolute atomic E-state index is 0.424. The third-order valence-electron chi connectivity index (χ3n) is 3.53. The molecule has 7 nitrogen and oxygen atoms in total. The van der Waals surface area contributed by atoms with E-state index in [0.29, 0.717) is 29.6 Å². The van der Waals surface area contributed by atoms with Crippen LogP contribution < -0.4 is 19.9 Å². The lowest BCUT2D eigenvalue weighted by molar-refractivity contribution is 0.172. The Hall–Kier alpha value is -2.25. The number of benzene rings is 1. The van der Waals surface area contributed by atoms with Crippen molar-refractivity contribution < 1.29 is 19.3 Å². The molecule has 7 heteroatoms. The van der Waals surface area contributed by atoms with E-state index in [1.807, 2.05) is 4.57 Å². The molecule has 0 aliphatic heterocycles. The molecule has 0 bridgehead atoms. The number of imidazole rings is 1. The van der Waals surface area contributed by atoms with Crippen molar-refractivity contribution in [2.75, 3.05) is 21.3 Å². The van der Waals surface area contributed by atoms with Gasteiger partial charge in [-0.05, 0) is 24.6 Å². The van der Waals surface area contributed by atoms with Crippen LogP contribution in [0.2, 0.25) is 0 Å². The molecule has 126 valence electrons. The molecule has 2 rings (SSSR count). The van der Waals surface area contributed by atoms with Crippen molar-refractivity contribution in [3.8, 4) is 17.2 Å². The van der Waals surface area contributed by atoms with E-state index in [4.69, 9.17) is 19.9 Å². The number of hydrogen-bond acceptors (Lipinski definition) is 6. The van der Waals surface area contributed by atoms with Gasteiger partial charge >= 0.3 is 0 Å². The molecule has 23 heavy (non-hydrogen) atoms. The molecule has 0 aliphatic rings. The van der Waals surface area contributed by atoms with Crippen LogP contribution in [-0.4, -0.2) is 42.1 Å². The maximum Gasteiger partial charge on any atom is 0.203 e. The Morgan fingerprint density at radius 3 is 2.26 bits per heavy atom. The van der Waals surface area contributed by atoms with Crippen molar-refractivity contribution in [1.82, 2.24) is 9.55 Å². The highest BCUT2D eigenvalue weighted by molar-refractivity contribution is 5.55. The van der Waals surface area contributed by atoms with E-state index in [2.05, 4.69) is 4.98 Å². The summed E-state index contributed by atoms with van der Waals surface area (Å²) in [4.78, 5) is 4.31. The minimum Gasteiger partial charge on any atom is -0.493 e. The van der Waals surface area contributed by atoms with E-state index in [-0.39, 0.29) is 0 Å². The normalized spacial score (nSPS) is 13.5. The van der Waals surface area contributed by atoms with Crippen molar-refractivity contribution in [3.05, 3.63) is 35.9 Å². The van der Waals surface area contributed by atoms with E-state index in [1.54, 1.807) is 52.8 Å². The van der Waals surface area contributed by atoms with Crippen molar-refractivity contribution in [2.45, 2.75) is 25.6 Å². The highest BCUT2D eigenvalue weighted by Crippen LogP contribution is 2.40. The van der Waals surface area contributed by atoms with Crippen LogP contribution in [0.1, 0.15) is 24.4 Å². The zero-order valence-corrected chi connectivity index (χ0v) is 13.8. The van der Waals surface area contributed by atoms with E-state index in [1.165, 1.54) is 0 Å². The second-order valence-corrected chi connectivity index (χ2v) is 5.22. The van der Waals surface area contributed by atoms with Crippen molar-refractivity contribution in [2.24, 2.45) is 5.73 Å². The predicted molar refractivity (Wildman–Crippen MR) is 86.0 cm³/mol. The Morgan fingerprint density at radius 1 is 1.17 bits per heavy atom. The average Bonchev–Trinajstić information content (AvgIpc) is 2.99. The zero-order valence-electron chi connectivity index (χ0n) is 13.8. The molecule has 0 fully saturated rings. The molecule has 1 aromatic carbocycles. The molecule has 2 unspecified atom stereocenters. The minimum atomic E-state index is -0.491. The third-order valence-corrected chi connectivity index (χ3v) is 3.53. The highest BCUT2D eigenvalue weighted by atomic mass is 16.5. The molecule has 2 atom stereocenters. The van der Waals surface area contributed by atoms with E-state index in [0.717, 1.165) is 5.56 Å². The number of rotatable bonds is 7. The standard InChI is InChI=1S/C16H23N3O4/c1-10(20)9-19-6-5-18-16(19)14(17)11-7-12(21-2)15(23-4)13(8-11)22-3/h5-8,10,14,20H,9,17H2,1-4H3. The van der Waals surface area contributed by atoms with Crippen LogP contribution in [0.5, 0.6) is 17.2 Å². The summed E-state index contributed by atoms with van der Waals surface area (Å²) in [5, 5.41) is 9.59. The van der Waals surface area contributed by atoms with Gasteiger partial charge in [0.2, 0.25) is 5.75 Å². The van der Waals surface area contributed by atoms with Crippen LogP contribution >= 0.6 is 0 Å². The van der Waals surface area contributed by atoms with E-state index >= 15 is 0 Å². The van der Waals surface area contributed by atoms with Crippen LogP contribution in [0.25, 0.3) is 0 Å². The maximum absolute atomic E-state index is 9.59. The number of aliphatic hydroxyl groups is 1. The fourth-order valence-electron chi connectivity index (χ4n) is 2.47. The van der Waals surface area contributed by atoms with Gasteiger partial charge in [-0.15, -0.1) is 0 Å². The van der Waals surface area contributed by atoms with Crippen LogP contribution in [0.4, 0.5) is 0 Å². The largest absolute Gasteiger partial charge is 0.493 e. The number of methoxy groups -OCH3 is 3. The topological polar surface area (TPSA) is 91.8 Å². The monoisotopic (exact) mass is 321 g/mol. The van der Waals surface area contributed by atoms with Crippen LogP contribution in [-0.2, 0) is 6.54 Å². The lowest BCUT2D eigenvalue weighted by atomic mass is 10.1. The van der Waals surface area contributed by atoms with Gasteiger partial charge in [0.25, 0.3) is 0 Å². The Morgan fingerprint density at radius 2 is 1.78 bits per heavy atom. The molecule has 3 N–H and O–H groups in total. The van der Waals surface area contributed by atoms with Crippen LogP contribution in [0.3, 0.4) is 0 Å². The second kappa shape index (κ2) is 7.34. The number of nitrogens with two attached hydrogens (primary N) is 1. The quantitative estimate of drug-likeness (QED) is 0.799. The fraction of sp³-hybridized carbons (Fsp3) is 0.438. The van der Waals surface area contributed by atoms with Crippen molar-refractivity contribution in [1.29, 1.82) is 0 Å². The Labute approximate surface area is 135 Å². The molecule has 2 aromatic rings. The van der Waals surface area contributed by atoms with E-state index < -0.39 is 12.1 Å². The first kappa shape index (κ1) is 17.1. The summed E-state index contributed by atoms with van der Waals surface area (Å²) in [5.74, 6) is 2.23. The van der Waals surface area contributed by atoms with Gasteiger partial charge in [-0.2, -0.15) is 0 Å². The fourth-order valence-corrected chi connectivity index (χ4v) is 2.47. The lowest BCUT2D eigenvalue weighted by Gasteiger charge is -2.19. The van der Waals surface area contributed by atoms with Gasteiger partial charge in [0, 0.05) is 18.9 Å². The molecular weight excluding hydrogens is 298 g/mol. The van der Waals surface area contributed by atoms with Gasteiger partial charge in [0.05, 0.1) is 33.5 Å². The smallest absolute Gasteiger partial charge is 0.203 e. The molecule has 0 radical (unpaired) electrons. The second-order valence-electron chi connectivity index (χ2n) is 5.22. The summed E-state index contributed by atoms with van der Waals surface area (Å²) in [6.45, 7) is 2.14. The number of aliphatic hydroxyl groups excluding tert-OH is 1. The summed E-state index contributed by atoms with van der Waals surface area (Å²) >= 11 is 0. The predicted octanol–water partition coefficient (Wildman–Crippen LogP) is 1.34. The lowest BCUT2D eigenvalue weighted by Crippen LogP contribution is -2.21. The van der Waals surface area contributed by atoms with Gasteiger partial charge in [-0.1, -0.05) is 0 Å². The first-order chi connectivity index (χ1) is 11.0. The number of nitrogens with zero attached hydrogens (tertiary/aromatic N) is 2. The number of ether oxygens (including phenoxy) is 3. The Bertz CT molecular complexity index is 630. The zero-order chi connectivity index (χ0) is 17.0. The summed E-state index contributed by atoms with van der Waals surface area (Å²) in [5.41, 5.74) is 7.13. The van der Waals surface area contributed by atoms with E-state index in [9.17, 15) is 5.11 Å². The number of aromatic nitrogens is 2. The number of hydrogen-bond donors (Lipinski definition) is 2. The van der Waals surface area contributed by atoms with Crippen LogP contribution in [0, 0.1) is 0 Å². The highest BCUT2D eigenvalue weighted by Gasteiger charge is 2.20. The maximum atomic E-state index is 9.59. The first-order valence-corrected chi connectivity index (χ1v) is 7.26. The summed E-state index contributed by atoms with van der Waals surface area (Å²) in [6.07, 6.45) is 2.96. The average molecular weight is 321 g/mol. The molecule has 0 amide bonds. The molecular formula is C16H23N3O4. The molecule has 1 aromatic heterocycles. The third kappa shape index (κ3) is 3.57. The summed E-state index contributed by atoms with van der Waals surface area (Å²) < 4.78 is 17.9. The SMILES string of the molecule is COc1cc(C(N)c2nccn2CC(C)O)cc(OC)c1OC. The summed E-state index contributed by atoms with van der Waals surface area (Å²) in [6, 6.07) is 3.11. The van der Waals surface area contributed by atoms with Gasteiger partial charge < -0.3 is 29.6 Å². The molecule has 0 saturated heterocycles. The summed E-state index contributed by atoms with van der Waals surface area (Å²) in [7, 11) is 4.66.